The Morgan fingerprint density at radius 2 is 2.00 bits per heavy atom. The molecule has 0 aliphatic heterocycles. The van der Waals surface area contributed by atoms with Gasteiger partial charge in [0.2, 0.25) is 5.89 Å². The lowest BCUT2D eigenvalue weighted by Gasteiger charge is -2.07. The number of benzene rings is 1. The van der Waals surface area contributed by atoms with Gasteiger partial charge in [-0.3, -0.25) is 4.79 Å². The van der Waals surface area contributed by atoms with E-state index in [-0.39, 0.29) is 17.8 Å². The molecule has 1 aromatic heterocycles. The molecule has 2 N–H and O–H groups in total. The number of hydrogen-bond acceptors (Lipinski definition) is 4. The van der Waals surface area contributed by atoms with E-state index >= 15 is 0 Å². The first kappa shape index (κ1) is 14.0. The van der Waals surface area contributed by atoms with Crippen molar-refractivity contribution >= 4 is 11.6 Å². The fourth-order valence-corrected chi connectivity index (χ4v) is 1.68. The van der Waals surface area contributed by atoms with Crippen molar-refractivity contribution in [3.8, 4) is 0 Å². The fraction of sp³-hybridized carbons (Fsp3) is 0.231. The second kappa shape index (κ2) is 5.68. The molecule has 0 radical (unpaired) electrons. The molecule has 0 saturated carbocycles. The van der Waals surface area contributed by atoms with Crippen molar-refractivity contribution in [2.75, 3.05) is 12.4 Å². The van der Waals surface area contributed by atoms with Gasteiger partial charge in [-0.15, -0.1) is 0 Å². The number of nitrogens with zero attached hydrogens (tertiary/aromatic N) is 1. The smallest absolute Gasteiger partial charge is 0.251 e. The van der Waals surface area contributed by atoms with E-state index in [0.29, 0.717) is 11.7 Å². The van der Waals surface area contributed by atoms with Crippen LogP contribution >= 0.6 is 0 Å². The Balaban J connectivity index is 2.09. The highest BCUT2D eigenvalue weighted by molar-refractivity contribution is 5.94. The Morgan fingerprint density at radius 1 is 1.35 bits per heavy atom. The Bertz CT molecular complexity index is 617. The molecule has 5 nitrogen and oxygen atoms in total. The van der Waals surface area contributed by atoms with Gasteiger partial charge >= 0.3 is 0 Å². The van der Waals surface area contributed by atoms with E-state index in [1.807, 2.05) is 0 Å². The summed E-state index contributed by atoms with van der Waals surface area (Å²) in [6, 6.07) is 1.93. The highest BCUT2D eigenvalue weighted by Crippen LogP contribution is 2.20. The minimum absolute atomic E-state index is 0.0453. The molecule has 7 heteroatoms. The number of hydrogen-bond donors (Lipinski definition) is 2. The number of nitrogens with one attached hydrogen (secondary N) is 2. The van der Waals surface area contributed by atoms with Crippen molar-refractivity contribution in [2.45, 2.75) is 13.5 Å². The first-order chi connectivity index (χ1) is 9.51. The minimum Gasteiger partial charge on any atom is -0.444 e. The van der Waals surface area contributed by atoms with E-state index in [9.17, 15) is 13.6 Å². The third-order valence-corrected chi connectivity index (χ3v) is 2.62. The van der Waals surface area contributed by atoms with Crippen LogP contribution < -0.4 is 10.6 Å². The van der Waals surface area contributed by atoms with E-state index in [1.54, 1.807) is 6.92 Å². The van der Waals surface area contributed by atoms with Gasteiger partial charge in [-0.25, -0.2) is 13.8 Å². The van der Waals surface area contributed by atoms with E-state index in [1.165, 1.54) is 13.2 Å². The number of anilines is 1. The van der Waals surface area contributed by atoms with E-state index in [2.05, 4.69) is 15.6 Å². The van der Waals surface area contributed by atoms with Gasteiger partial charge in [-0.2, -0.15) is 0 Å². The van der Waals surface area contributed by atoms with Gasteiger partial charge in [0.15, 0.2) is 0 Å². The summed E-state index contributed by atoms with van der Waals surface area (Å²) in [5, 5.41) is 4.86. The van der Waals surface area contributed by atoms with Crippen molar-refractivity contribution in [3.05, 3.63) is 47.2 Å². The number of amides is 1. The van der Waals surface area contributed by atoms with Crippen molar-refractivity contribution < 1.29 is 18.0 Å². The molecule has 106 valence electrons. The summed E-state index contributed by atoms with van der Waals surface area (Å²) in [5.41, 5.74) is -0.382. The van der Waals surface area contributed by atoms with Crippen LogP contribution in [0.3, 0.4) is 0 Å². The normalized spacial score (nSPS) is 10.4. The molecule has 2 rings (SSSR count). The maximum atomic E-state index is 13.5. The molecule has 2 aromatic rings. The van der Waals surface area contributed by atoms with Crippen LogP contribution in [0, 0.1) is 18.6 Å². The van der Waals surface area contributed by atoms with E-state index in [4.69, 9.17) is 4.42 Å². The largest absolute Gasteiger partial charge is 0.444 e. The molecule has 1 heterocycles. The fourth-order valence-electron chi connectivity index (χ4n) is 1.68. The van der Waals surface area contributed by atoms with E-state index in [0.717, 1.165) is 12.1 Å². The van der Waals surface area contributed by atoms with Crippen molar-refractivity contribution in [1.29, 1.82) is 0 Å². The molecule has 0 bridgehead atoms. The lowest BCUT2D eigenvalue weighted by atomic mass is 10.1. The van der Waals surface area contributed by atoms with Crippen LogP contribution in [0.15, 0.2) is 22.7 Å². The molecule has 1 amide bonds. The summed E-state index contributed by atoms with van der Waals surface area (Å²) in [7, 11) is 1.39. The van der Waals surface area contributed by atoms with Gasteiger partial charge in [0.05, 0.1) is 12.7 Å². The number of aromatic nitrogens is 1. The van der Waals surface area contributed by atoms with Crippen LogP contribution in [0.5, 0.6) is 0 Å². The van der Waals surface area contributed by atoms with Gasteiger partial charge in [-0.1, -0.05) is 0 Å². The van der Waals surface area contributed by atoms with Crippen LogP contribution in [0.2, 0.25) is 0 Å². The summed E-state index contributed by atoms with van der Waals surface area (Å²) in [4.78, 5) is 15.7. The molecule has 0 spiro atoms. The Morgan fingerprint density at radius 3 is 2.50 bits per heavy atom. The maximum Gasteiger partial charge on any atom is 0.251 e. The molecule has 0 atom stereocenters. The molecule has 20 heavy (non-hydrogen) atoms. The molecule has 1 aromatic carbocycles. The molecule has 0 aliphatic carbocycles. The maximum absolute atomic E-state index is 13.5. The molecule has 0 aliphatic rings. The zero-order valence-corrected chi connectivity index (χ0v) is 11.0. The second-order valence-electron chi connectivity index (χ2n) is 4.11. The van der Waals surface area contributed by atoms with Gasteiger partial charge < -0.3 is 15.1 Å². The summed E-state index contributed by atoms with van der Waals surface area (Å²) in [6.45, 7) is 1.77. The number of halogens is 2. The average Bonchev–Trinajstić information content (AvgIpc) is 2.81. The van der Waals surface area contributed by atoms with Crippen LogP contribution in [0.1, 0.15) is 22.0 Å². The molecular weight excluding hydrogens is 268 g/mol. The minimum atomic E-state index is -0.829. The number of rotatable bonds is 4. The predicted octanol–water partition coefficient (Wildman–Crippen LogP) is 2.23. The monoisotopic (exact) mass is 281 g/mol. The second-order valence-corrected chi connectivity index (χ2v) is 4.11. The summed E-state index contributed by atoms with van der Waals surface area (Å²) < 4.78 is 32.2. The van der Waals surface area contributed by atoms with Gasteiger partial charge in [0.1, 0.15) is 23.1 Å². The third-order valence-electron chi connectivity index (χ3n) is 2.62. The Hall–Kier alpha value is -2.44. The lowest BCUT2D eigenvalue weighted by Crippen LogP contribution is -2.23. The lowest BCUT2D eigenvalue weighted by molar-refractivity contribution is 0.0946. The summed E-state index contributed by atoms with van der Waals surface area (Å²) >= 11 is 0. The zero-order chi connectivity index (χ0) is 14.7. The number of oxazole rings is 1. The average molecular weight is 281 g/mol. The van der Waals surface area contributed by atoms with Crippen molar-refractivity contribution in [1.82, 2.24) is 10.3 Å². The number of aryl methyl sites for hydroxylation is 1. The van der Waals surface area contributed by atoms with Crippen LogP contribution in [-0.2, 0) is 6.54 Å². The molecule has 0 fully saturated rings. The quantitative estimate of drug-likeness (QED) is 0.902. The summed E-state index contributed by atoms with van der Waals surface area (Å²) in [5.74, 6) is -1.33. The molecular formula is C13H13F2N3O2. The highest BCUT2D eigenvalue weighted by atomic mass is 19.1. The molecule has 0 saturated heterocycles. The van der Waals surface area contributed by atoms with Gasteiger partial charge in [0, 0.05) is 12.6 Å². The number of carbonyl (C=O) groups is 1. The zero-order valence-electron chi connectivity index (χ0n) is 11.0. The predicted molar refractivity (Wildman–Crippen MR) is 68.3 cm³/mol. The highest BCUT2D eigenvalue weighted by Gasteiger charge is 2.14. The van der Waals surface area contributed by atoms with Crippen molar-refractivity contribution in [3.63, 3.8) is 0 Å². The van der Waals surface area contributed by atoms with Crippen LogP contribution in [-0.4, -0.2) is 17.9 Å². The van der Waals surface area contributed by atoms with Gasteiger partial charge in [0.25, 0.3) is 5.91 Å². The Kier molecular flexibility index (Phi) is 3.97. The number of carbonyl (C=O) groups excluding carboxylic acids is 1. The topological polar surface area (TPSA) is 67.2 Å². The molecule has 0 unspecified atom stereocenters. The van der Waals surface area contributed by atoms with Crippen LogP contribution in [0.4, 0.5) is 14.5 Å². The first-order valence-electron chi connectivity index (χ1n) is 5.87. The standard InChI is InChI=1S/C13H13F2N3O2/c1-7-5-17-11(20-7)6-18-13(19)8-3-9(14)12(16-2)10(15)4-8/h3-5,16H,6H2,1-2H3,(H,18,19). The third kappa shape index (κ3) is 2.93. The SMILES string of the molecule is CNc1c(F)cc(C(=O)NCc2ncc(C)o2)cc1F. The van der Waals surface area contributed by atoms with Crippen LogP contribution in [0.25, 0.3) is 0 Å². The van der Waals surface area contributed by atoms with Gasteiger partial charge in [-0.05, 0) is 19.1 Å². The van der Waals surface area contributed by atoms with Crippen molar-refractivity contribution in [2.24, 2.45) is 0 Å². The first-order valence-corrected chi connectivity index (χ1v) is 5.87. The van der Waals surface area contributed by atoms with E-state index < -0.39 is 17.5 Å². The summed E-state index contributed by atoms with van der Waals surface area (Å²) in [6.07, 6.45) is 1.52. The Labute approximate surface area is 114 Å².